The zero-order valence-corrected chi connectivity index (χ0v) is 18.3. The number of allylic oxidation sites excluding steroid dienone is 7. The molecule has 0 aliphatic heterocycles. The molecule has 1 aromatic carbocycles. The Hall–Kier alpha value is -2.56. The lowest BCUT2D eigenvalue weighted by Gasteiger charge is -2.12. The lowest BCUT2D eigenvalue weighted by Crippen LogP contribution is -2.07. The molecule has 0 saturated heterocycles. The van der Waals surface area contributed by atoms with Gasteiger partial charge >= 0.3 is 0 Å². The molecule has 29 heavy (non-hydrogen) atoms. The number of halogens is 1. The Kier molecular flexibility index (Phi) is 5.74. The van der Waals surface area contributed by atoms with E-state index in [0.29, 0.717) is 11.6 Å². The summed E-state index contributed by atoms with van der Waals surface area (Å²) in [5.74, 6) is 1.31. The van der Waals surface area contributed by atoms with Gasteiger partial charge in [-0.1, -0.05) is 67.2 Å². The van der Waals surface area contributed by atoms with Crippen LogP contribution >= 0.6 is 22.9 Å². The number of nitrogens with zero attached hydrogens (tertiary/aromatic N) is 3. The average Bonchev–Trinajstić information content (AvgIpc) is 2.88. The molecule has 1 unspecified atom stereocenters. The minimum atomic E-state index is 0.00292. The summed E-state index contributed by atoms with van der Waals surface area (Å²) in [6.45, 7) is 6.38. The Morgan fingerprint density at radius 3 is 2.79 bits per heavy atom. The lowest BCUT2D eigenvalue weighted by molar-refractivity contribution is 0.801. The molecule has 1 atom stereocenters. The summed E-state index contributed by atoms with van der Waals surface area (Å²) in [5, 5.41) is 1.49. The van der Waals surface area contributed by atoms with Gasteiger partial charge in [0.1, 0.15) is 5.82 Å². The minimum Gasteiger partial charge on any atom is -0.212 e. The van der Waals surface area contributed by atoms with Crippen LogP contribution in [0.15, 0.2) is 60.2 Å². The van der Waals surface area contributed by atoms with E-state index in [1.54, 1.807) is 11.3 Å². The summed E-state index contributed by atoms with van der Waals surface area (Å²) >= 11 is 8.10. The minimum absolute atomic E-state index is 0.00292. The number of hydrogen-bond donors (Lipinski definition) is 0. The third-order valence-corrected chi connectivity index (χ3v) is 6.28. The van der Waals surface area contributed by atoms with E-state index < -0.39 is 0 Å². The van der Waals surface area contributed by atoms with E-state index in [1.165, 1.54) is 26.1 Å². The Morgan fingerprint density at radius 1 is 1.14 bits per heavy atom. The van der Waals surface area contributed by atoms with Crippen molar-refractivity contribution >= 4 is 44.7 Å². The summed E-state index contributed by atoms with van der Waals surface area (Å²) in [5.41, 5.74) is 3.45. The third-order valence-electron chi connectivity index (χ3n) is 4.74. The van der Waals surface area contributed by atoms with Gasteiger partial charge in [-0.3, -0.25) is 0 Å². The second-order valence-electron chi connectivity index (χ2n) is 7.29. The SMILES string of the molecule is CC(C)=Cc1c(C(C)c2nc(Cl)nc(C3=CC=CCC=C3)n2)sc2ccccc12. The molecule has 0 bridgehead atoms. The topological polar surface area (TPSA) is 38.7 Å². The fourth-order valence-electron chi connectivity index (χ4n) is 3.38. The van der Waals surface area contributed by atoms with Crippen LogP contribution in [0.3, 0.4) is 0 Å². The summed E-state index contributed by atoms with van der Waals surface area (Å²) in [7, 11) is 0. The van der Waals surface area contributed by atoms with Crippen molar-refractivity contribution in [2.75, 3.05) is 0 Å². The summed E-state index contributed by atoms with van der Waals surface area (Å²) in [6.07, 6.45) is 13.4. The fourth-order valence-corrected chi connectivity index (χ4v) is 4.78. The normalized spacial score (nSPS) is 14.6. The van der Waals surface area contributed by atoms with E-state index in [2.05, 4.69) is 73.2 Å². The molecule has 0 N–H and O–H groups in total. The van der Waals surface area contributed by atoms with Crippen LogP contribution in [-0.4, -0.2) is 15.0 Å². The smallest absolute Gasteiger partial charge is 0.212 e. The van der Waals surface area contributed by atoms with Crippen LogP contribution < -0.4 is 0 Å². The second kappa shape index (κ2) is 8.44. The number of thiophene rings is 1. The largest absolute Gasteiger partial charge is 0.226 e. The Bertz CT molecular complexity index is 1180. The molecule has 146 valence electrons. The molecule has 3 aromatic rings. The number of rotatable bonds is 4. The number of fused-ring (bicyclic) bond motifs is 1. The van der Waals surface area contributed by atoms with E-state index >= 15 is 0 Å². The van der Waals surface area contributed by atoms with E-state index in [0.717, 1.165) is 12.0 Å². The number of aromatic nitrogens is 3. The highest BCUT2D eigenvalue weighted by atomic mass is 35.5. The van der Waals surface area contributed by atoms with Crippen molar-refractivity contribution in [3.05, 3.63) is 87.6 Å². The average molecular weight is 420 g/mol. The first-order chi connectivity index (χ1) is 14.0. The van der Waals surface area contributed by atoms with Gasteiger partial charge in [0.2, 0.25) is 5.28 Å². The fraction of sp³-hybridized carbons (Fsp3) is 0.208. The lowest BCUT2D eigenvalue weighted by atomic mass is 10.0. The Morgan fingerprint density at radius 2 is 1.97 bits per heavy atom. The van der Waals surface area contributed by atoms with Crippen molar-refractivity contribution in [3.8, 4) is 0 Å². The summed E-state index contributed by atoms with van der Waals surface area (Å²) < 4.78 is 1.27. The quantitative estimate of drug-likeness (QED) is 0.448. The van der Waals surface area contributed by atoms with E-state index in [1.807, 2.05) is 18.2 Å². The maximum Gasteiger partial charge on any atom is 0.226 e. The van der Waals surface area contributed by atoms with Crippen LogP contribution in [0.2, 0.25) is 5.28 Å². The van der Waals surface area contributed by atoms with Crippen LogP contribution in [0, 0.1) is 0 Å². The first kappa shape index (κ1) is 19.7. The predicted octanol–water partition coefficient (Wildman–Crippen LogP) is 7.21. The number of hydrogen-bond acceptors (Lipinski definition) is 4. The van der Waals surface area contributed by atoms with Crippen molar-refractivity contribution in [2.24, 2.45) is 0 Å². The molecule has 5 heteroatoms. The van der Waals surface area contributed by atoms with Crippen molar-refractivity contribution in [1.82, 2.24) is 15.0 Å². The van der Waals surface area contributed by atoms with Gasteiger partial charge in [0, 0.05) is 15.2 Å². The monoisotopic (exact) mass is 419 g/mol. The van der Waals surface area contributed by atoms with Crippen molar-refractivity contribution < 1.29 is 0 Å². The molecular weight excluding hydrogens is 398 g/mol. The zero-order chi connectivity index (χ0) is 20.4. The Balaban J connectivity index is 1.83. The molecule has 4 rings (SSSR count). The molecule has 2 aromatic heterocycles. The maximum absolute atomic E-state index is 6.30. The molecule has 3 nitrogen and oxygen atoms in total. The predicted molar refractivity (Wildman–Crippen MR) is 124 cm³/mol. The molecule has 0 saturated carbocycles. The van der Waals surface area contributed by atoms with Gasteiger partial charge < -0.3 is 0 Å². The van der Waals surface area contributed by atoms with E-state index in [4.69, 9.17) is 16.6 Å². The van der Waals surface area contributed by atoms with Gasteiger partial charge in [0.05, 0.1) is 5.92 Å². The van der Waals surface area contributed by atoms with E-state index in [9.17, 15) is 0 Å². The van der Waals surface area contributed by atoms with Crippen LogP contribution in [0.1, 0.15) is 55.2 Å². The van der Waals surface area contributed by atoms with Crippen LogP contribution in [0.5, 0.6) is 0 Å². The number of benzene rings is 1. The maximum atomic E-state index is 6.30. The standard InChI is InChI=1S/C24H22ClN3S/c1-15(2)14-19-18-12-8-9-13-20(18)29-21(19)16(3)22-26-23(28-24(25)27-22)17-10-6-4-5-7-11-17/h4,6-14,16H,5H2,1-3H3. The van der Waals surface area contributed by atoms with Crippen LogP contribution in [0.4, 0.5) is 0 Å². The first-order valence-electron chi connectivity index (χ1n) is 9.64. The molecule has 0 spiro atoms. The summed E-state index contributed by atoms with van der Waals surface area (Å²) in [4.78, 5) is 14.9. The third kappa shape index (κ3) is 4.24. The van der Waals surface area contributed by atoms with Gasteiger partial charge in [-0.2, -0.15) is 4.98 Å². The zero-order valence-electron chi connectivity index (χ0n) is 16.7. The molecule has 1 aliphatic carbocycles. The highest BCUT2D eigenvalue weighted by molar-refractivity contribution is 7.19. The molecular formula is C24H22ClN3S. The van der Waals surface area contributed by atoms with Gasteiger partial charge in [-0.15, -0.1) is 11.3 Å². The van der Waals surface area contributed by atoms with Crippen LogP contribution in [-0.2, 0) is 0 Å². The van der Waals surface area contributed by atoms with E-state index in [-0.39, 0.29) is 11.2 Å². The van der Waals surface area contributed by atoms with Gasteiger partial charge in [0.15, 0.2) is 5.82 Å². The molecule has 2 heterocycles. The van der Waals surface area contributed by atoms with Crippen molar-refractivity contribution in [1.29, 1.82) is 0 Å². The molecule has 1 aliphatic rings. The van der Waals surface area contributed by atoms with Gasteiger partial charge in [-0.25, -0.2) is 9.97 Å². The first-order valence-corrected chi connectivity index (χ1v) is 10.8. The summed E-state index contributed by atoms with van der Waals surface area (Å²) in [6, 6.07) is 8.51. The van der Waals surface area contributed by atoms with Crippen molar-refractivity contribution in [2.45, 2.75) is 33.1 Å². The highest BCUT2D eigenvalue weighted by Gasteiger charge is 2.21. The highest BCUT2D eigenvalue weighted by Crippen LogP contribution is 2.39. The molecule has 0 fully saturated rings. The molecule has 0 amide bonds. The van der Waals surface area contributed by atoms with Crippen LogP contribution in [0.25, 0.3) is 21.7 Å². The van der Waals surface area contributed by atoms with Crippen molar-refractivity contribution in [3.63, 3.8) is 0 Å². The second-order valence-corrected chi connectivity index (χ2v) is 8.72. The Labute approximate surface area is 180 Å². The van der Waals surface area contributed by atoms with Gasteiger partial charge in [-0.05, 0) is 48.9 Å². The molecule has 0 radical (unpaired) electrons. The van der Waals surface area contributed by atoms with Gasteiger partial charge in [0.25, 0.3) is 0 Å².